The second-order valence-corrected chi connectivity index (χ2v) is 5.73. The largest absolute Gasteiger partial charge is 0.394 e. The molecule has 1 fully saturated rings. The number of aliphatic hydroxyl groups is 1. The quantitative estimate of drug-likeness (QED) is 0.870. The maximum absolute atomic E-state index is 9.24. The highest BCUT2D eigenvalue weighted by molar-refractivity contribution is 9.10. The van der Waals surface area contributed by atoms with Crippen molar-refractivity contribution in [2.24, 2.45) is 0 Å². The van der Waals surface area contributed by atoms with Gasteiger partial charge in [-0.1, -0.05) is 28.1 Å². The molecule has 0 spiro atoms. The summed E-state index contributed by atoms with van der Waals surface area (Å²) in [5.41, 5.74) is 1.37. The maximum atomic E-state index is 9.24. The van der Waals surface area contributed by atoms with Crippen LogP contribution in [0.15, 0.2) is 28.7 Å². The topological polar surface area (TPSA) is 32.3 Å². The fourth-order valence-electron chi connectivity index (χ4n) is 2.05. The third-order valence-corrected chi connectivity index (χ3v) is 3.69. The zero-order valence-electron chi connectivity index (χ0n) is 9.54. The molecular weight excluding hydrogens is 266 g/mol. The molecule has 1 aliphatic carbocycles. The minimum Gasteiger partial charge on any atom is -0.394 e. The first-order valence-corrected chi connectivity index (χ1v) is 6.56. The molecule has 1 aromatic rings. The van der Waals surface area contributed by atoms with Crippen molar-refractivity contribution in [2.75, 3.05) is 6.61 Å². The van der Waals surface area contributed by atoms with Crippen LogP contribution < -0.4 is 5.32 Å². The van der Waals surface area contributed by atoms with Gasteiger partial charge in [0, 0.05) is 16.1 Å². The Hall–Kier alpha value is -0.380. The standard InChI is InChI=1S/C13H18BrNO/c1-10(15-13(9-16)6-7-13)8-11-2-4-12(14)5-3-11/h2-5,10,15-16H,6-9H2,1H3/t10-/m0/s1. The summed E-state index contributed by atoms with van der Waals surface area (Å²) in [7, 11) is 0. The summed E-state index contributed by atoms with van der Waals surface area (Å²) in [5.74, 6) is 0. The Labute approximate surface area is 105 Å². The van der Waals surface area contributed by atoms with E-state index in [4.69, 9.17) is 0 Å². The number of hydrogen-bond donors (Lipinski definition) is 2. The van der Waals surface area contributed by atoms with E-state index in [1.54, 1.807) is 0 Å². The van der Waals surface area contributed by atoms with Gasteiger partial charge in [-0.3, -0.25) is 0 Å². The molecule has 1 aliphatic rings. The Morgan fingerprint density at radius 3 is 2.50 bits per heavy atom. The molecule has 0 amide bonds. The van der Waals surface area contributed by atoms with Crippen molar-refractivity contribution in [2.45, 2.75) is 37.8 Å². The van der Waals surface area contributed by atoms with Gasteiger partial charge in [-0.05, 0) is 43.9 Å². The molecule has 3 heteroatoms. The average molecular weight is 284 g/mol. The van der Waals surface area contributed by atoms with Crippen molar-refractivity contribution in [3.05, 3.63) is 34.3 Å². The van der Waals surface area contributed by atoms with Crippen LogP contribution in [0.5, 0.6) is 0 Å². The van der Waals surface area contributed by atoms with Crippen LogP contribution in [0.3, 0.4) is 0 Å². The second-order valence-electron chi connectivity index (χ2n) is 4.81. The average Bonchev–Trinajstić information content (AvgIpc) is 3.02. The minimum atomic E-state index is 0.0365. The number of benzene rings is 1. The van der Waals surface area contributed by atoms with Gasteiger partial charge in [-0.2, -0.15) is 0 Å². The van der Waals surface area contributed by atoms with E-state index in [9.17, 15) is 5.11 Å². The number of aliphatic hydroxyl groups excluding tert-OH is 1. The number of hydrogen-bond acceptors (Lipinski definition) is 2. The van der Waals surface area contributed by atoms with E-state index in [0.717, 1.165) is 23.7 Å². The van der Waals surface area contributed by atoms with E-state index in [2.05, 4.69) is 52.4 Å². The molecule has 0 bridgehead atoms. The Kier molecular flexibility index (Phi) is 3.67. The summed E-state index contributed by atoms with van der Waals surface area (Å²) in [6.45, 7) is 2.44. The summed E-state index contributed by atoms with van der Waals surface area (Å²) >= 11 is 3.43. The molecule has 0 aromatic heterocycles. The van der Waals surface area contributed by atoms with Crippen LogP contribution in [0.2, 0.25) is 0 Å². The first-order valence-electron chi connectivity index (χ1n) is 5.77. The van der Waals surface area contributed by atoms with E-state index < -0.39 is 0 Å². The molecule has 2 rings (SSSR count). The number of rotatable bonds is 5. The summed E-state index contributed by atoms with van der Waals surface area (Å²) in [6.07, 6.45) is 3.22. The summed E-state index contributed by atoms with van der Waals surface area (Å²) in [6, 6.07) is 8.83. The highest BCUT2D eigenvalue weighted by atomic mass is 79.9. The summed E-state index contributed by atoms with van der Waals surface area (Å²) in [4.78, 5) is 0. The molecule has 0 aliphatic heterocycles. The molecule has 1 saturated carbocycles. The van der Waals surface area contributed by atoms with Gasteiger partial charge in [0.2, 0.25) is 0 Å². The van der Waals surface area contributed by atoms with Gasteiger partial charge in [-0.25, -0.2) is 0 Å². The molecule has 0 unspecified atom stereocenters. The number of halogens is 1. The maximum Gasteiger partial charge on any atom is 0.0613 e. The summed E-state index contributed by atoms with van der Waals surface area (Å²) in [5, 5.41) is 12.8. The van der Waals surface area contributed by atoms with Crippen LogP contribution in [0.25, 0.3) is 0 Å². The highest BCUT2D eigenvalue weighted by Crippen LogP contribution is 2.35. The monoisotopic (exact) mass is 283 g/mol. The molecular formula is C13H18BrNO. The van der Waals surface area contributed by atoms with E-state index in [1.165, 1.54) is 5.56 Å². The molecule has 1 aromatic carbocycles. The lowest BCUT2D eigenvalue weighted by atomic mass is 10.1. The third-order valence-electron chi connectivity index (χ3n) is 3.16. The van der Waals surface area contributed by atoms with Crippen molar-refractivity contribution in [3.8, 4) is 0 Å². The second kappa shape index (κ2) is 4.86. The first-order chi connectivity index (χ1) is 7.63. The Morgan fingerprint density at radius 1 is 1.38 bits per heavy atom. The van der Waals surface area contributed by atoms with Crippen molar-refractivity contribution in [1.29, 1.82) is 0 Å². The molecule has 16 heavy (non-hydrogen) atoms. The van der Waals surface area contributed by atoms with Gasteiger partial charge in [-0.15, -0.1) is 0 Å². The molecule has 0 heterocycles. The van der Waals surface area contributed by atoms with Gasteiger partial charge >= 0.3 is 0 Å². The summed E-state index contributed by atoms with van der Waals surface area (Å²) < 4.78 is 1.12. The zero-order chi connectivity index (χ0) is 11.6. The lowest BCUT2D eigenvalue weighted by molar-refractivity contribution is 0.220. The fraction of sp³-hybridized carbons (Fsp3) is 0.538. The van der Waals surface area contributed by atoms with Crippen molar-refractivity contribution in [3.63, 3.8) is 0 Å². The van der Waals surface area contributed by atoms with E-state index in [1.807, 2.05) is 0 Å². The van der Waals surface area contributed by atoms with E-state index in [-0.39, 0.29) is 12.1 Å². The third kappa shape index (κ3) is 3.06. The van der Waals surface area contributed by atoms with Gasteiger partial charge in [0.15, 0.2) is 0 Å². The zero-order valence-corrected chi connectivity index (χ0v) is 11.1. The SMILES string of the molecule is C[C@@H](Cc1ccc(Br)cc1)NC1(CO)CC1. The number of nitrogens with one attached hydrogen (secondary N) is 1. The van der Waals surface area contributed by atoms with Crippen LogP contribution in [-0.4, -0.2) is 23.3 Å². The molecule has 1 atom stereocenters. The molecule has 2 nitrogen and oxygen atoms in total. The van der Waals surface area contributed by atoms with Crippen molar-refractivity contribution < 1.29 is 5.11 Å². The highest BCUT2D eigenvalue weighted by Gasteiger charge is 2.42. The first kappa shape index (κ1) is 12.1. The van der Waals surface area contributed by atoms with Crippen LogP contribution in [0.1, 0.15) is 25.3 Å². The fourth-order valence-corrected chi connectivity index (χ4v) is 2.31. The molecule has 0 saturated heterocycles. The predicted molar refractivity (Wildman–Crippen MR) is 69.5 cm³/mol. The lowest BCUT2D eigenvalue weighted by Crippen LogP contribution is -2.42. The smallest absolute Gasteiger partial charge is 0.0613 e. The van der Waals surface area contributed by atoms with Crippen LogP contribution in [-0.2, 0) is 6.42 Å². The predicted octanol–water partition coefficient (Wildman–Crippen LogP) is 2.49. The minimum absolute atomic E-state index is 0.0365. The Bertz CT molecular complexity index is 345. The van der Waals surface area contributed by atoms with E-state index >= 15 is 0 Å². The van der Waals surface area contributed by atoms with Gasteiger partial charge in [0.05, 0.1) is 6.61 Å². The van der Waals surface area contributed by atoms with Crippen LogP contribution in [0.4, 0.5) is 0 Å². The van der Waals surface area contributed by atoms with Crippen LogP contribution >= 0.6 is 15.9 Å². The van der Waals surface area contributed by atoms with Gasteiger partial charge in [0.1, 0.15) is 0 Å². The van der Waals surface area contributed by atoms with Crippen LogP contribution in [0, 0.1) is 0 Å². The Morgan fingerprint density at radius 2 is 2.00 bits per heavy atom. The van der Waals surface area contributed by atoms with Gasteiger partial charge in [0.25, 0.3) is 0 Å². The Balaban J connectivity index is 1.87. The molecule has 2 N–H and O–H groups in total. The van der Waals surface area contributed by atoms with Crippen molar-refractivity contribution >= 4 is 15.9 Å². The van der Waals surface area contributed by atoms with E-state index in [0.29, 0.717) is 6.04 Å². The normalized spacial score (nSPS) is 19.4. The molecule has 0 radical (unpaired) electrons. The molecule has 88 valence electrons. The lowest BCUT2D eigenvalue weighted by Gasteiger charge is -2.21. The van der Waals surface area contributed by atoms with Gasteiger partial charge < -0.3 is 10.4 Å². The van der Waals surface area contributed by atoms with Crippen molar-refractivity contribution in [1.82, 2.24) is 5.32 Å².